The number of nitrogen functional groups attached to an aromatic ring is 1. The third-order valence-corrected chi connectivity index (χ3v) is 4.43. The van der Waals surface area contributed by atoms with Crippen molar-refractivity contribution in [1.82, 2.24) is 15.0 Å². The minimum absolute atomic E-state index is 0.0619. The summed E-state index contributed by atoms with van der Waals surface area (Å²) >= 11 is 0. The fourth-order valence-corrected chi connectivity index (χ4v) is 2.66. The molecule has 0 aliphatic heterocycles. The first kappa shape index (κ1) is 20.2. The second kappa shape index (κ2) is 9.11. The van der Waals surface area contributed by atoms with Gasteiger partial charge in [-0.15, -0.1) is 0 Å². The van der Waals surface area contributed by atoms with Crippen LogP contribution < -0.4 is 16.4 Å². The van der Waals surface area contributed by atoms with Crippen molar-refractivity contribution in [3.63, 3.8) is 0 Å². The van der Waals surface area contributed by atoms with Gasteiger partial charge < -0.3 is 21.5 Å². The number of nitrogens with two attached hydrogens (primary N) is 1. The number of nitrogens with one attached hydrogen (secondary N) is 2. The molecule has 1 amide bonds. The second-order valence-corrected chi connectivity index (χ2v) is 6.95. The van der Waals surface area contributed by atoms with E-state index < -0.39 is 0 Å². The highest BCUT2D eigenvalue weighted by molar-refractivity contribution is 6.04. The molecule has 0 radical (unpaired) electrons. The number of hydrogen-bond acceptors (Lipinski definition) is 7. The van der Waals surface area contributed by atoms with Crippen LogP contribution in [0.1, 0.15) is 24.2 Å². The van der Waals surface area contributed by atoms with E-state index in [2.05, 4.69) is 25.6 Å². The number of aromatic nitrogens is 3. The van der Waals surface area contributed by atoms with Gasteiger partial charge in [0.1, 0.15) is 5.82 Å². The van der Waals surface area contributed by atoms with Crippen LogP contribution in [0.25, 0.3) is 11.3 Å². The zero-order chi connectivity index (χ0) is 20.8. The maximum atomic E-state index is 12.6. The lowest BCUT2D eigenvalue weighted by molar-refractivity contribution is 0.102. The molecule has 0 bridgehead atoms. The number of nitrogens with zero attached hydrogens (tertiary/aromatic N) is 3. The van der Waals surface area contributed by atoms with Gasteiger partial charge in [-0.25, -0.2) is 4.98 Å². The molecule has 1 aromatic carbocycles. The van der Waals surface area contributed by atoms with Gasteiger partial charge in [-0.05, 0) is 42.3 Å². The monoisotopic (exact) mass is 392 g/mol. The molecule has 29 heavy (non-hydrogen) atoms. The fraction of sp³-hybridized carbons (Fsp3) is 0.238. The van der Waals surface area contributed by atoms with E-state index in [0.717, 1.165) is 5.56 Å². The molecule has 8 heteroatoms. The number of benzene rings is 1. The van der Waals surface area contributed by atoms with Gasteiger partial charge in [0.05, 0.1) is 18.3 Å². The number of aliphatic hydroxyl groups excluding tert-OH is 1. The third-order valence-electron chi connectivity index (χ3n) is 4.43. The number of carbonyl (C=O) groups is 1. The van der Waals surface area contributed by atoms with Crippen molar-refractivity contribution < 1.29 is 9.90 Å². The van der Waals surface area contributed by atoms with E-state index >= 15 is 0 Å². The third kappa shape index (κ3) is 5.26. The van der Waals surface area contributed by atoms with Gasteiger partial charge in [-0.3, -0.25) is 9.78 Å². The molecule has 2 heterocycles. The molecule has 3 rings (SSSR count). The van der Waals surface area contributed by atoms with E-state index in [1.54, 1.807) is 42.7 Å². The van der Waals surface area contributed by atoms with Crippen molar-refractivity contribution in [3.05, 3.63) is 60.4 Å². The number of pyridine rings is 1. The van der Waals surface area contributed by atoms with Crippen molar-refractivity contribution in [3.8, 4) is 11.3 Å². The van der Waals surface area contributed by atoms with Gasteiger partial charge in [-0.2, -0.15) is 4.98 Å². The maximum Gasteiger partial charge on any atom is 0.256 e. The second-order valence-electron chi connectivity index (χ2n) is 6.95. The summed E-state index contributed by atoms with van der Waals surface area (Å²) in [6.45, 7) is 3.92. The molecule has 0 spiro atoms. The summed E-state index contributed by atoms with van der Waals surface area (Å²) < 4.78 is 0. The Morgan fingerprint density at radius 3 is 2.41 bits per heavy atom. The lowest BCUT2D eigenvalue weighted by Crippen LogP contribution is -2.30. The zero-order valence-electron chi connectivity index (χ0n) is 16.3. The largest absolute Gasteiger partial charge is 0.399 e. The molecular formula is C21H24N6O2. The summed E-state index contributed by atoms with van der Waals surface area (Å²) in [6, 6.07) is 11.7. The maximum absolute atomic E-state index is 12.6. The quantitative estimate of drug-likeness (QED) is 0.455. The first-order chi connectivity index (χ1) is 14.0. The Morgan fingerprint density at radius 2 is 1.79 bits per heavy atom. The summed E-state index contributed by atoms with van der Waals surface area (Å²) in [6.07, 6.45) is 3.34. The molecule has 150 valence electrons. The molecule has 0 saturated heterocycles. The van der Waals surface area contributed by atoms with Gasteiger partial charge in [-0.1, -0.05) is 13.8 Å². The minimum atomic E-state index is -0.308. The molecule has 5 N–H and O–H groups in total. The van der Waals surface area contributed by atoms with E-state index in [-0.39, 0.29) is 24.5 Å². The Morgan fingerprint density at radius 1 is 1.10 bits per heavy atom. The highest BCUT2D eigenvalue weighted by Crippen LogP contribution is 2.22. The highest BCUT2D eigenvalue weighted by atomic mass is 16.3. The molecule has 0 aliphatic carbocycles. The van der Waals surface area contributed by atoms with E-state index in [1.165, 1.54) is 0 Å². The van der Waals surface area contributed by atoms with Gasteiger partial charge in [0.2, 0.25) is 5.95 Å². The smallest absolute Gasteiger partial charge is 0.256 e. The van der Waals surface area contributed by atoms with Crippen LogP contribution >= 0.6 is 0 Å². The Hall–Kier alpha value is -3.52. The van der Waals surface area contributed by atoms with Crippen LogP contribution in [0.4, 0.5) is 17.5 Å². The van der Waals surface area contributed by atoms with Gasteiger partial charge in [0.25, 0.3) is 5.91 Å². The predicted molar refractivity (Wildman–Crippen MR) is 113 cm³/mol. The Balaban J connectivity index is 1.93. The van der Waals surface area contributed by atoms with Gasteiger partial charge in [0.15, 0.2) is 0 Å². The van der Waals surface area contributed by atoms with E-state index in [0.29, 0.717) is 28.7 Å². The number of carbonyl (C=O) groups excluding carboxylic acids is 1. The molecule has 8 nitrogen and oxygen atoms in total. The van der Waals surface area contributed by atoms with Crippen LogP contribution in [0, 0.1) is 5.92 Å². The zero-order valence-corrected chi connectivity index (χ0v) is 16.3. The van der Waals surface area contributed by atoms with Crippen molar-refractivity contribution in [1.29, 1.82) is 0 Å². The standard InChI is InChI=1S/C21H24N6O2/c1-13(2)18(12-28)25-21-24-17(14-7-9-23-10-8-14)11-19(27-21)26-20(29)15-3-5-16(22)6-4-15/h3-11,13,18,28H,12,22H2,1-2H3,(H2,24,25,26,27,29)/t18-/m1/s1. The van der Waals surface area contributed by atoms with Crippen molar-refractivity contribution in [2.75, 3.05) is 23.0 Å². The number of aliphatic hydroxyl groups is 1. The molecule has 0 unspecified atom stereocenters. The molecular weight excluding hydrogens is 368 g/mol. The first-order valence-electron chi connectivity index (χ1n) is 9.30. The summed E-state index contributed by atoms with van der Waals surface area (Å²) in [5.41, 5.74) is 8.18. The van der Waals surface area contributed by atoms with Crippen LogP contribution in [0.15, 0.2) is 54.9 Å². The van der Waals surface area contributed by atoms with Crippen molar-refractivity contribution in [2.24, 2.45) is 5.92 Å². The predicted octanol–water partition coefficient (Wildman–Crippen LogP) is 2.80. The summed E-state index contributed by atoms with van der Waals surface area (Å²) in [7, 11) is 0. The highest BCUT2D eigenvalue weighted by Gasteiger charge is 2.16. The van der Waals surface area contributed by atoms with E-state index in [9.17, 15) is 9.90 Å². The summed E-state index contributed by atoms with van der Waals surface area (Å²) in [5, 5.41) is 15.6. The number of hydrogen-bond donors (Lipinski definition) is 4. The molecule has 1 atom stereocenters. The molecule has 2 aromatic heterocycles. The van der Waals surface area contributed by atoms with Crippen LogP contribution in [0.2, 0.25) is 0 Å². The summed E-state index contributed by atoms with van der Waals surface area (Å²) in [5.74, 6) is 0.523. The van der Waals surface area contributed by atoms with Crippen LogP contribution in [-0.2, 0) is 0 Å². The van der Waals surface area contributed by atoms with Gasteiger partial charge in [0, 0.05) is 35.3 Å². The van der Waals surface area contributed by atoms with Crippen LogP contribution in [-0.4, -0.2) is 38.6 Å². The van der Waals surface area contributed by atoms with E-state index in [4.69, 9.17) is 5.73 Å². The number of rotatable bonds is 7. The number of amides is 1. The molecule has 3 aromatic rings. The average molecular weight is 392 g/mol. The molecule has 0 saturated carbocycles. The SMILES string of the molecule is CC(C)[C@@H](CO)Nc1nc(NC(=O)c2ccc(N)cc2)cc(-c2ccncc2)n1. The van der Waals surface area contributed by atoms with Gasteiger partial charge >= 0.3 is 0 Å². The average Bonchev–Trinajstić information content (AvgIpc) is 2.72. The Bertz CT molecular complexity index is 961. The topological polar surface area (TPSA) is 126 Å². The fourth-order valence-electron chi connectivity index (χ4n) is 2.66. The molecule has 0 aliphatic rings. The van der Waals surface area contributed by atoms with Crippen LogP contribution in [0.5, 0.6) is 0 Å². The lowest BCUT2D eigenvalue weighted by Gasteiger charge is -2.20. The first-order valence-corrected chi connectivity index (χ1v) is 9.30. The minimum Gasteiger partial charge on any atom is -0.399 e. The van der Waals surface area contributed by atoms with Crippen LogP contribution in [0.3, 0.4) is 0 Å². The lowest BCUT2D eigenvalue weighted by atomic mass is 10.1. The van der Waals surface area contributed by atoms with E-state index in [1.807, 2.05) is 26.0 Å². The number of anilines is 3. The van der Waals surface area contributed by atoms with Crippen molar-refractivity contribution in [2.45, 2.75) is 19.9 Å². The normalized spacial score (nSPS) is 11.9. The molecule has 0 fully saturated rings. The Labute approximate surface area is 169 Å². The summed E-state index contributed by atoms with van der Waals surface area (Å²) in [4.78, 5) is 25.6. The van der Waals surface area contributed by atoms with Crippen molar-refractivity contribution >= 4 is 23.4 Å². The Kier molecular flexibility index (Phi) is 6.36.